The van der Waals surface area contributed by atoms with Gasteiger partial charge in [0.25, 0.3) is 0 Å². The first-order valence-electron chi connectivity index (χ1n) is 7.20. The van der Waals surface area contributed by atoms with E-state index in [4.69, 9.17) is 10.3 Å². The number of hydrogen-bond acceptors (Lipinski definition) is 4. The summed E-state index contributed by atoms with van der Waals surface area (Å²) in [6.45, 7) is 6.41. The van der Waals surface area contributed by atoms with Crippen LogP contribution in [0.2, 0.25) is 0 Å². The Morgan fingerprint density at radius 1 is 1.39 bits per heavy atom. The third kappa shape index (κ3) is 2.91. The quantitative estimate of drug-likeness (QED) is 0.890. The van der Waals surface area contributed by atoms with E-state index in [0.29, 0.717) is 17.7 Å². The van der Waals surface area contributed by atoms with E-state index in [-0.39, 0.29) is 6.04 Å². The molecule has 1 fully saturated rings. The molecule has 0 aliphatic heterocycles. The summed E-state index contributed by atoms with van der Waals surface area (Å²) in [6, 6.07) is -0.142. The van der Waals surface area contributed by atoms with Crippen molar-refractivity contribution in [2.45, 2.75) is 64.8 Å². The van der Waals surface area contributed by atoms with Crippen molar-refractivity contribution in [3.05, 3.63) is 11.7 Å². The maximum atomic E-state index is 6.04. The summed E-state index contributed by atoms with van der Waals surface area (Å²) >= 11 is 0. The molecule has 0 bridgehead atoms. The van der Waals surface area contributed by atoms with Gasteiger partial charge in [0, 0.05) is 5.92 Å². The summed E-state index contributed by atoms with van der Waals surface area (Å²) in [4.78, 5) is 4.52. The van der Waals surface area contributed by atoms with Crippen LogP contribution in [0, 0.1) is 11.8 Å². The molecule has 102 valence electrons. The summed E-state index contributed by atoms with van der Waals surface area (Å²) in [7, 11) is 0. The fourth-order valence-electron chi connectivity index (χ4n) is 2.73. The Morgan fingerprint density at radius 3 is 2.83 bits per heavy atom. The molecule has 1 saturated carbocycles. The Kier molecular flexibility index (Phi) is 4.38. The van der Waals surface area contributed by atoms with Gasteiger partial charge in [-0.1, -0.05) is 45.2 Å². The van der Waals surface area contributed by atoms with Gasteiger partial charge in [-0.3, -0.25) is 0 Å². The van der Waals surface area contributed by atoms with Crippen molar-refractivity contribution in [1.29, 1.82) is 0 Å². The molecule has 1 aliphatic carbocycles. The molecule has 0 aromatic carbocycles. The Labute approximate surface area is 109 Å². The van der Waals surface area contributed by atoms with Gasteiger partial charge in [-0.2, -0.15) is 4.98 Å². The molecule has 2 N–H and O–H groups in total. The van der Waals surface area contributed by atoms with Gasteiger partial charge >= 0.3 is 0 Å². The van der Waals surface area contributed by atoms with Crippen LogP contribution in [-0.4, -0.2) is 10.1 Å². The highest BCUT2D eigenvalue weighted by molar-refractivity contribution is 5.00. The second-order valence-corrected chi connectivity index (χ2v) is 5.90. The van der Waals surface area contributed by atoms with Gasteiger partial charge < -0.3 is 10.3 Å². The molecule has 1 aromatic rings. The van der Waals surface area contributed by atoms with E-state index in [9.17, 15) is 0 Å². The van der Waals surface area contributed by atoms with E-state index < -0.39 is 0 Å². The Morgan fingerprint density at radius 2 is 2.17 bits per heavy atom. The lowest BCUT2D eigenvalue weighted by Crippen LogP contribution is -2.18. The third-order valence-corrected chi connectivity index (χ3v) is 4.19. The summed E-state index contributed by atoms with van der Waals surface area (Å²) in [5, 5.41) is 4.15. The van der Waals surface area contributed by atoms with Crippen molar-refractivity contribution in [1.82, 2.24) is 10.1 Å². The number of nitrogens with two attached hydrogens (primary N) is 1. The van der Waals surface area contributed by atoms with Gasteiger partial charge in [-0.15, -0.1) is 0 Å². The fraction of sp³-hybridized carbons (Fsp3) is 0.857. The maximum Gasteiger partial charge on any atom is 0.243 e. The van der Waals surface area contributed by atoms with Gasteiger partial charge in [0.05, 0.1) is 6.04 Å². The molecule has 1 aromatic heterocycles. The molecule has 18 heavy (non-hydrogen) atoms. The van der Waals surface area contributed by atoms with E-state index in [2.05, 4.69) is 30.9 Å². The van der Waals surface area contributed by atoms with Gasteiger partial charge in [0.2, 0.25) is 5.89 Å². The second kappa shape index (κ2) is 5.83. The minimum Gasteiger partial charge on any atom is -0.338 e. The highest BCUT2D eigenvalue weighted by atomic mass is 16.5. The number of aromatic nitrogens is 2. The van der Waals surface area contributed by atoms with Gasteiger partial charge in [0.1, 0.15) is 0 Å². The normalized spacial score (nSPS) is 26.5. The molecular weight excluding hydrogens is 226 g/mol. The van der Waals surface area contributed by atoms with Crippen molar-refractivity contribution >= 4 is 0 Å². The zero-order valence-corrected chi connectivity index (χ0v) is 11.7. The smallest absolute Gasteiger partial charge is 0.243 e. The predicted octanol–water partition coefficient (Wildman–Crippen LogP) is 3.41. The van der Waals surface area contributed by atoms with Crippen LogP contribution < -0.4 is 5.73 Å². The largest absolute Gasteiger partial charge is 0.338 e. The standard InChI is InChI=1S/C14H25N3O/c1-4-10-6-5-7-11(8-10)13-16-14(18-17-13)12(15)9(2)3/h9-12H,4-8,15H2,1-3H3. The first-order chi connectivity index (χ1) is 8.61. The van der Waals surface area contributed by atoms with E-state index >= 15 is 0 Å². The predicted molar refractivity (Wildman–Crippen MR) is 71.1 cm³/mol. The monoisotopic (exact) mass is 251 g/mol. The van der Waals surface area contributed by atoms with Crippen molar-refractivity contribution < 1.29 is 4.52 Å². The molecule has 2 rings (SSSR count). The molecule has 4 nitrogen and oxygen atoms in total. The van der Waals surface area contributed by atoms with Gasteiger partial charge in [0.15, 0.2) is 5.82 Å². The fourth-order valence-corrected chi connectivity index (χ4v) is 2.73. The number of hydrogen-bond donors (Lipinski definition) is 1. The molecule has 3 unspecified atom stereocenters. The van der Waals surface area contributed by atoms with Gasteiger partial charge in [-0.25, -0.2) is 0 Å². The van der Waals surface area contributed by atoms with Crippen molar-refractivity contribution in [3.8, 4) is 0 Å². The molecule has 0 radical (unpaired) electrons. The average Bonchev–Trinajstić information content (AvgIpc) is 2.87. The Hall–Kier alpha value is -0.900. The highest BCUT2D eigenvalue weighted by Gasteiger charge is 2.27. The van der Waals surface area contributed by atoms with Crippen molar-refractivity contribution in [3.63, 3.8) is 0 Å². The van der Waals surface area contributed by atoms with Crippen LogP contribution in [0.25, 0.3) is 0 Å². The van der Waals surface area contributed by atoms with E-state index in [0.717, 1.165) is 11.7 Å². The average molecular weight is 251 g/mol. The lowest BCUT2D eigenvalue weighted by atomic mass is 9.80. The molecule has 1 aliphatic rings. The SMILES string of the molecule is CCC1CCCC(c2noc(C(N)C(C)C)n2)C1. The lowest BCUT2D eigenvalue weighted by molar-refractivity contribution is 0.292. The third-order valence-electron chi connectivity index (χ3n) is 4.19. The van der Waals surface area contributed by atoms with Crippen LogP contribution >= 0.6 is 0 Å². The zero-order valence-electron chi connectivity index (χ0n) is 11.7. The van der Waals surface area contributed by atoms with E-state index in [1.165, 1.54) is 32.1 Å². The van der Waals surface area contributed by atoms with Crippen LogP contribution in [0.5, 0.6) is 0 Å². The topological polar surface area (TPSA) is 64.9 Å². The highest BCUT2D eigenvalue weighted by Crippen LogP contribution is 2.36. The minimum atomic E-state index is -0.142. The number of rotatable bonds is 4. The Bertz CT molecular complexity index is 375. The molecule has 4 heteroatoms. The zero-order chi connectivity index (χ0) is 13.1. The summed E-state index contributed by atoms with van der Waals surface area (Å²) in [5.41, 5.74) is 6.04. The molecule has 1 heterocycles. The summed E-state index contributed by atoms with van der Waals surface area (Å²) in [5.74, 6) is 3.09. The van der Waals surface area contributed by atoms with E-state index in [1.54, 1.807) is 0 Å². The van der Waals surface area contributed by atoms with Crippen LogP contribution in [-0.2, 0) is 0 Å². The van der Waals surface area contributed by atoms with Crippen molar-refractivity contribution in [2.75, 3.05) is 0 Å². The molecule has 0 saturated heterocycles. The molecule has 3 atom stereocenters. The first-order valence-corrected chi connectivity index (χ1v) is 7.20. The summed E-state index contributed by atoms with van der Waals surface area (Å²) < 4.78 is 5.32. The molecule has 0 spiro atoms. The van der Waals surface area contributed by atoms with E-state index in [1.807, 2.05) is 0 Å². The molecular formula is C14H25N3O. The minimum absolute atomic E-state index is 0.142. The van der Waals surface area contributed by atoms with Crippen LogP contribution in [0.1, 0.15) is 76.6 Å². The van der Waals surface area contributed by atoms with Crippen LogP contribution in [0.15, 0.2) is 4.52 Å². The van der Waals surface area contributed by atoms with Crippen LogP contribution in [0.3, 0.4) is 0 Å². The van der Waals surface area contributed by atoms with Gasteiger partial charge in [-0.05, 0) is 24.7 Å². The first kappa shape index (κ1) is 13.5. The number of nitrogens with zero attached hydrogens (tertiary/aromatic N) is 2. The lowest BCUT2D eigenvalue weighted by Gasteiger charge is -2.26. The second-order valence-electron chi connectivity index (χ2n) is 5.90. The molecule has 0 amide bonds. The maximum absolute atomic E-state index is 6.04. The van der Waals surface area contributed by atoms with Crippen molar-refractivity contribution in [2.24, 2.45) is 17.6 Å². The Balaban J connectivity index is 2.05. The summed E-state index contributed by atoms with van der Waals surface area (Å²) in [6.07, 6.45) is 6.28. The van der Waals surface area contributed by atoms with Crippen LogP contribution in [0.4, 0.5) is 0 Å².